The largest absolute Gasteiger partial charge is 0.308 e. The Hall–Kier alpha value is -1.61. The third-order valence-corrected chi connectivity index (χ3v) is 4.76. The van der Waals surface area contributed by atoms with E-state index in [4.69, 9.17) is 0 Å². The van der Waals surface area contributed by atoms with E-state index in [2.05, 4.69) is 47.7 Å². The highest BCUT2D eigenvalue weighted by Gasteiger charge is 2.21. The van der Waals surface area contributed by atoms with Crippen molar-refractivity contribution in [1.29, 1.82) is 0 Å². The maximum absolute atomic E-state index is 4.57. The van der Waals surface area contributed by atoms with Gasteiger partial charge >= 0.3 is 0 Å². The van der Waals surface area contributed by atoms with Crippen LogP contribution in [-0.2, 0) is 13.5 Å². The Kier molecular flexibility index (Phi) is 4.11. The minimum atomic E-state index is 0.207. The van der Waals surface area contributed by atoms with Gasteiger partial charge in [0.05, 0.1) is 17.4 Å². The smallest absolute Gasteiger partial charge is 0.0745 e. The third kappa shape index (κ3) is 2.75. The quantitative estimate of drug-likeness (QED) is 0.909. The normalized spacial score (nSPS) is 16.7. The van der Waals surface area contributed by atoms with Gasteiger partial charge in [-0.3, -0.25) is 4.68 Å². The number of aromatic nitrogens is 2. The van der Waals surface area contributed by atoms with Crippen molar-refractivity contribution in [2.45, 2.75) is 44.6 Å². The minimum Gasteiger partial charge on any atom is -0.308 e. The summed E-state index contributed by atoms with van der Waals surface area (Å²) in [5.74, 6) is 0.801. The van der Waals surface area contributed by atoms with Gasteiger partial charge in [-0.2, -0.15) is 5.10 Å². The maximum atomic E-state index is 4.57. The molecular weight excluding hydrogens is 258 g/mol. The number of hydrogen-bond donors (Lipinski definition) is 1. The molecule has 1 atom stereocenters. The topological polar surface area (TPSA) is 29.9 Å². The summed E-state index contributed by atoms with van der Waals surface area (Å²) in [4.78, 5) is 0. The molecule has 0 bridgehead atoms. The first-order valence-electron chi connectivity index (χ1n) is 8.03. The van der Waals surface area contributed by atoms with E-state index in [1.54, 1.807) is 0 Å². The van der Waals surface area contributed by atoms with Gasteiger partial charge in [0.25, 0.3) is 0 Å². The van der Waals surface area contributed by atoms with E-state index < -0.39 is 0 Å². The fourth-order valence-electron chi connectivity index (χ4n) is 3.17. The van der Waals surface area contributed by atoms with E-state index in [0.717, 1.165) is 18.0 Å². The van der Waals surface area contributed by atoms with Crippen LogP contribution in [0.3, 0.4) is 0 Å². The molecule has 1 aromatic carbocycles. The van der Waals surface area contributed by atoms with Gasteiger partial charge in [-0.1, -0.05) is 37.6 Å². The molecule has 3 nitrogen and oxygen atoms in total. The summed E-state index contributed by atoms with van der Waals surface area (Å²) in [6.07, 6.45) is 5.08. The second-order valence-corrected chi connectivity index (χ2v) is 6.05. The van der Waals surface area contributed by atoms with Crippen LogP contribution < -0.4 is 5.32 Å². The van der Waals surface area contributed by atoms with Crippen LogP contribution in [0, 0.1) is 0 Å². The third-order valence-electron chi connectivity index (χ3n) is 4.76. The fraction of sp³-hybridized carbons (Fsp3) is 0.500. The molecule has 1 aromatic heterocycles. The molecule has 0 spiro atoms. The van der Waals surface area contributed by atoms with Crippen LogP contribution in [0.1, 0.15) is 60.7 Å². The van der Waals surface area contributed by atoms with Gasteiger partial charge < -0.3 is 5.32 Å². The minimum absolute atomic E-state index is 0.207. The first-order valence-corrected chi connectivity index (χ1v) is 8.03. The highest BCUT2D eigenvalue weighted by Crippen LogP contribution is 2.36. The molecule has 0 aliphatic heterocycles. The monoisotopic (exact) mass is 283 g/mol. The van der Waals surface area contributed by atoms with Crippen LogP contribution in [-0.4, -0.2) is 16.8 Å². The van der Waals surface area contributed by atoms with Crippen molar-refractivity contribution in [3.05, 3.63) is 52.8 Å². The number of benzene rings is 1. The highest BCUT2D eigenvalue weighted by molar-refractivity contribution is 5.33. The number of nitrogens with zero attached hydrogens (tertiary/aromatic N) is 2. The average molecular weight is 283 g/mol. The Morgan fingerprint density at radius 1 is 1.29 bits per heavy atom. The van der Waals surface area contributed by atoms with Crippen molar-refractivity contribution >= 4 is 0 Å². The predicted octanol–water partition coefficient (Wildman–Crippen LogP) is 3.56. The van der Waals surface area contributed by atoms with Gasteiger partial charge in [-0.05, 0) is 49.4 Å². The molecule has 0 saturated heterocycles. The molecule has 1 unspecified atom stereocenters. The van der Waals surface area contributed by atoms with Gasteiger partial charge in [-0.15, -0.1) is 0 Å². The molecule has 2 aromatic rings. The molecular formula is C18H25N3. The highest BCUT2D eigenvalue weighted by atomic mass is 15.3. The van der Waals surface area contributed by atoms with Crippen molar-refractivity contribution in [2.75, 3.05) is 7.05 Å². The predicted molar refractivity (Wildman–Crippen MR) is 86.5 cm³/mol. The maximum Gasteiger partial charge on any atom is 0.0745 e. The first kappa shape index (κ1) is 14.3. The van der Waals surface area contributed by atoms with Gasteiger partial charge in [0.1, 0.15) is 0 Å². The van der Waals surface area contributed by atoms with Crippen molar-refractivity contribution in [2.24, 2.45) is 7.05 Å². The zero-order valence-electron chi connectivity index (χ0n) is 13.3. The fourth-order valence-corrected chi connectivity index (χ4v) is 3.17. The van der Waals surface area contributed by atoms with Crippen molar-refractivity contribution < 1.29 is 0 Å². The van der Waals surface area contributed by atoms with Crippen LogP contribution in [0.2, 0.25) is 0 Å². The van der Waals surface area contributed by atoms with Crippen LogP contribution >= 0.6 is 0 Å². The van der Waals surface area contributed by atoms with Crippen molar-refractivity contribution in [3.8, 4) is 0 Å². The molecule has 1 fully saturated rings. The summed E-state index contributed by atoms with van der Waals surface area (Å²) in [7, 11) is 4.05. The Labute approximate surface area is 127 Å². The molecule has 21 heavy (non-hydrogen) atoms. The summed E-state index contributed by atoms with van der Waals surface area (Å²) in [5, 5.41) is 8.00. The SMILES string of the molecule is CCc1cc(C(NC)c2ccc(C3CCC3)cc2)n(C)n1. The molecule has 112 valence electrons. The summed E-state index contributed by atoms with van der Waals surface area (Å²) < 4.78 is 2.00. The zero-order chi connectivity index (χ0) is 14.8. The molecule has 1 heterocycles. The molecule has 1 N–H and O–H groups in total. The Bertz CT molecular complexity index is 593. The van der Waals surface area contributed by atoms with Gasteiger partial charge in [-0.25, -0.2) is 0 Å². The molecule has 0 amide bonds. The van der Waals surface area contributed by atoms with Gasteiger partial charge in [0.15, 0.2) is 0 Å². The molecule has 1 aliphatic carbocycles. The number of rotatable bonds is 5. The standard InChI is InChI=1S/C18H25N3/c1-4-16-12-17(21(3)20-16)18(19-2)15-10-8-14(9-11-15)13-6-5-7-13/h8-13,18-19H,4-7H2,1-3H3. The number of aryl methyl sites for hydroxylation is 2. The van der Waals surface area contributed by atoms with Crippen molar-refractivity contribution in [3.63, 3.8) is 0 Å². The van der Waals surface area contributed by atoms with Crippen molar-refractivity contribution in [1.82, 2.24) is 15.1 Å². The Morgan fingerprint density at radius 2 is 2.00 bits per heavy atom. The molecule has 0 radical (unpaired) electrons. The van der Waals surface area contributed by atoms with Gasteiger partial charge in [0, 0.05) is 7.05 Å². The molecule has 3 rings (SSSR count). The van der Waals surface area contributed by atoms with E-state index >= 15 is 0 Å². The summed E-state index contributed by atoms with van der Waals surface area (Å²) in [5.41, 5.74) is 5.19. The van der Waals surface area contributed by atoms with E-state index in [-0.39, 0.29) is 6.04 Å². The van der Waals surface area contributed by atoms with Crippen LogP contribution in [0.4, 0.5) is 0 Å². The number of nitrogens with one attached hydrogen (secondary N) is 1. The molecule has 3 heteroatoms. The van der Waals surface area contributed by atoms with Crippen LogP contribution in [0.5, 0.6) is 0 Å². The van der Waals surface area contributed by atoms with E-state index in [1.807, 2.05) is 18.8 Å². The van der Waals surface area contributed by atoms with E-state index in [0.29, 0.717) is 0 Å². The summed E-state index contributed by atoms with van der Waals surface area (Å²) >= 11 is 0. The summed E-state index contributed by atoms with van der Waals surface area (Å²) in [6.45, 7) is 2.15. The zero-order valence-corrected chi connectivity index (χ0v) is 13.3. The molecule has 1 aliphatic rings. The summed E-state index contributed by atoms with van der Waals surface area (Å²) in [6, 6.07) is 11.6. The Balaban J connectivity index is 1.86. The Morgan fingerprint density at radius 3 is 2.48 bits per heavy atom. The van der Waals surface area contributed by atoms with Gasteiger partial charge in [0.2, 0.25) is 0 Å². The lowest BCUT2D eigenvalue weighted by Crippen LogP contribution is -2.20. The van der Waals surface area contributed by atoms with Crippen LogP contribution in [0.15, 0.2) is 30.3 Å². The van der Waals surface area contributed by atoms with E-state index in [1.165, 1.54) is 36.1 Å². The number of hydrogen-bond acceptors (Lipinski definition) is 2. The van der Waals surface area contributed by atoms with E-state index in [9.17, 15) is 0 Å². The lowest BCUT2D eigenvalue weighted by Gasteiger charge is -2.26. The molecule has 1 saturated carbocycles. The average Bonchev–Trinajstić information content (AvgIpc) is 2.81. The second-order valence-electron chi connectivity index (χ2n) is 6.05. The lowest BCUT2D eigenvalue weighted by molar-refractivity contribution is 0.419. The lowest BCUT2D eigenvalue weighted by atomic mass is 9.80. The first-order chi connectivity index (χ1) is 10.2. The second kappa shape index (κ2) is 6.02. The van der Waals surface area contributed by atoms with Crippen LogP contribution in [0.25, 0.3) is 0 Å².